The highest BCUT2D eigenvalue weighted by Gasteiger charge is 2.19. The van der Waals surface area contributed by atoms with Gasteiger partial charge in [-0.05, 0) is 122 Å². The van der Waals surface area contributed by atoms with E-state index < -0.39 is 0 Å². The van der Waals surface area contributed by atoms with Crippen LogP contribution >= 0.6 is 0 Å². The van der Waals surface area contributed by atoms with E-state index in [1.165, 1.54) is 98.0 Å². The van der Waals surface area contributed by atoms with E-state index in [1.54, 1.807) is 0 Å². The van der Waals surface area contributed by atoms with E-state index in [0.717, 1.165) is 0 Å². The highest BCUT2D eigenvalue weighted by atomic mass is 14.2. The van der Waals surface area contributed by atoms with Crippen molar-refractivity contribution in [2.45, 2.75) is 0 Å². The Bertz CT molecular complexity index is 2890. The van der Waals surface area contributed by atoms with Gasteiger partial charge in [-0.2, -0.15) is 0 Å². The van der Waals surface area contributed by atoms with E-state index in [-0.39, 0.29) is 0 Å². The second kappa shape index (κ2) is 10.7. The van der Waals surface area contributed by atoms with Crippen molar-refractivity contribution in [2.24, 2.45) is 0 Å². The first-order chi connectivity index (χ1) is 23.8. The second-order valence-corrected chi connectivity index (χ2v) is 12.9. The maximum atomic E-state index is 2.41. The van der Waals surface area contributed by atoms with Crippen LogP contribution in [0.5, 0.6) is 0 Å². The van der Waals surface area contributed by atoms with Crippen LogP contribution in [0.1, 0.15) is 0 Å². The van der Waals surface area contributed by atoms with Crippen molar-refractivity contribution in [1.29, 1.82) is 0 Å². The minimum absolute atomic E-state index is 1.24. The molecular formula is C48H30. The van der Waals surface area contributed by atoms with Crippen LogP contribution < -0.4 is 0 Å². The molecule has 0 bridgehead atoms. The van der Waals surface area contributed by atoms with Crippen molar-refractivity contribution in [3.8, 4) is 33.4 Å². The highest BCUT2D eigenvalue weighted by Crippen LogP contribution is 2.47. The summed E-state index contributed by atoms with van der Waals surface area (Å²) in [5.74, 6) is 0. The molecule has 0 spiro atoms. The number of benzene rings is 10. The van der Waals surface area contributed by atoms with Crippen molar-refractivity contribution in [2.75, 3.05) is 0 Å². The quantitative estimate of drug-likeness (QED) is 0.139. The molecule has 0 saturated heterocycles. The summed E-state index contributed by atoms with van der Waals surface area (Å²) in [6.45, 7) is 0. The third-order valence-corrected chi connectivity index (χ3v) is 10.2. The molecule has 0 N–H and O–H groups in total. The van der Waals surface area contributed by atoms with Crippen LogP contribution in [0, 0.1) is 0 Å². The van der Waals surface area contributed by atoms with Crippen LogP contribution in [0.15, 0.2) is 182 Å². The Morgan fingerprint density at radius 1 is 0.208 bits per heavy atom. The average molecular weight is 607 g/mol. The van der Waals surface area contributed by atoms with Crippen molar-refractivity contribution < 1.29 is 0 Å². The topological polar surface area (TPSA) is 0 Å². The lowest BCUT2D eigenvalue weighted by Crippen LogP contribution is -1.93. The predicted octanol–water partition coefficient (Wildman–Crippen LogP) is 13.6. The van der Waals surface area contributed by atoms with E-state index in [4.69, 9.17) is 0 Å². The SMILES string of the molecule is c1ccc(-c2cccc3ccccc23)c(-c2ccc3cc4ccccc4cc3c2-c2cccc3ccc4cc5ccccc5cc4c23)c1. The first kappa shape index (κ1) is 26.9. The average Bonchev–Trinajstić information content (AvgIpc) is 3.15. The molecule has 10 aromatic carbocycles. The molecule has 0 fully saturated rings. The minimum Gasteiger partial charge on any atom is -0.0616 e. The summed E-state index contributed by atoms with van der Waals surface area (Å²) < 4.78 is 0. The Balaban J connectivity index is 1.36. The molecular weight excluding hydrogens is 577 g/mol. The Morgan fingerprint density at radius 2 is 0.667 bits per heavy atom. The van der Waals surface area contributed by atoms with Crippen molar-refractivity contribution in [3.05, 3.63) is 182 Å². The van der Waals surface area contributed by atoms with Gasteiger partial charge in [-0.15, -0.1) is 0 Å². The zero-order valence-corrected chi connectivity index (χ0v) is 26.3. The monoisotopic (exact) mass is 606 g/mol. The zero-order valence-electron chi connectivity index (χ0n) is 26.3. The Kier molecular flexibility index (Phi) is 5.98. The molecule has 0 aliphatic heterocycles. The molecule has 222 valence electrons. The summed E-state index contributed by atoms with van der Waals surface area (Å²) in [5.41, 5.74) is 7.51. The number of fused-ring (bicyclic) bond motifs is 7. The summed E-state index contributed by atoms with van der Waals surface area (Å²) in [6.07, 6.45) is 0. The Morgan fingerprint density at radius 3 is 1.40 bits per heavy atom. The van der Waals surface area contributed by atoms with Gasteiger partial charge in [0.1, 0.15) is 0 Å². The van der Waals surface area contributed by atoms with Gasteiger partial charge in [0.2, 0.25) is 0 Å². The van der Waals surface area contributed by atoms with E-state index in [1.807, 2.05) is 0 Å². The molecule has 0 nitrogen and oxygen atoms in total. The van der Waals surface area contributed by atoms with Gasteiger partial charge in [-0.3, -0.25) is 0 Å². The van der Waals surface area contributed by atoms with Gasteiger partial charge in [-0.25, -0.2) is 0 Å². The van der Waals surface area contributed by atoms with Crippen LogP contribution in [-0.4, -0.2) is 0 Å². The molecule has 0 unspecified atom stereocenters. The fourth-order valence-electron chi connectivity index (χ4n) is 7.95. The minimum atomic E-state index is 1.24. The Hall–Kier alpha value is -6.24. The zero-order chi connectivity index (χ0) is 31.6. The number of rotatable bonds is 3. The smallest absolute Gasteiger partial charge is 0.00199 e. The molecule has 10 aromatic rings. The first-order valence-corrected chi connectivity index (χ1v) is 16.7. The normalized spacial score (nSPS) is 11.8. The van der Waals surface area contributed by atoms with Crippen molar-refractivity contribution in [1.82, 2.24) is 0 Å². The maximum Gasteiger partial charge on any atom is -0.00199 e. The van der Waals surface area contributed by atoms with Crippen LogP contribution in [0.25, 0.3) is 98.0 Å². The third-order valence-electron chi connectivity index (χ3n) is 10.2. The summed E-state index contributed by atoms with van der Waals surface area (Å²) in [7, 11) is 0. The first-order valence-electron chi connectivity index (χ1n) is 16.7. The molecule has 0 amide bonds. The fourth-order valence-corrected chi connectivity index (χ4v) is 7.95. The van der Waals surface area contributed by atoms with E-state index in [2.05, 4.69) is 182 Å². The van der Waals surface area contributed by atoms with Crippen molar-refractivity contribution in [3.63, 3.8) is 0 Å². The molecule has 0 aromatic heterocycles. The molecule has 0 saturated carbocycles. The molecule has 10 rings (SSSR count). The number of hydrogen-bond donors (Lipinski definition) is 0. The second-order valence-electron chi connectivity index (χ2n) is 12.9. The van der Waals surface area contributed by atoms with Gasteiger partial charge in [0.15, 0.2) is 0 Å². The lowest BCUT2D eigenvalue weighted by molar-refractivity contribution is 1.61. The van der Waals surface area contributed by atoms with Gasteiger partial charge in [0, 0.05) is 0 Å². The van der Waals surface area contributed by atoms with Gasteiger partial charge in [0.05, 0.1) is 0 Å². The molecule has 48 heavy (non-hydrogen) atoms. The third kappa shape index (κ3) is 4.16. The molecule has 0 heteroatoms. The van der Waals surface area contributed by atoms with Gasteiger partial charge in [0.25, 0.3) is 0 Å². The van der Waals surface area contributed by atoms with E-state index in [9.17, 15) is 0 Å². The van der Waals surface area contributed by atoms with Gasteiger partial charge in [-0.1, -0.05) is 158 Å². The summed E-state index contributed by atoms with van der Waals surface area (Å²) in [5, 5.41) is 15.2. The van der Waals surface area contributed by atoms with Crippen LogP contribution in [0.2, 0.25) is 0 Å². The van der Waals surface area contributed by atoms with Crippen LogP contribution in [0.4, 0.5) is 0 Å². The van der Waals surface area contributed by atoms with Crippen LogP contribution in [0.3, 0.4) is 0 Å². The summed E-state index contributed by atoms with van der Waals surface area (Å²) >= 11 is 0. The molecule has 0 atom stereocenters. The fraction of sp³-hybridized carbons (Fsp3) is 0. The lowest BCUT2D eigenvalue weighted by atomic mass is 9.83. The largest absolute Gasteiger partial charge is 0.0616 e. The molecule has 0 aliphatic rings. The Labute approximate surface area is 279 Å². The highest BCUT2D eigenvalue weighted by molar-refractivity contribution is 6.22. The maximum absolute atomic E-state index is 2.41. The van der Waals surface area contributed by atoms with Crippen molar-refractivity contribution >= 4 is 64.6 Å². The summed E-state index contributed by atoms with van der Waals surface area (Å²) in [4.78, 5) is 0. The van der Waals surface area contributed by atoms with E-state index in [0.29, 0.717) is 0 Å². The van der Waals surface area contributed by atoms with E-state index >= 15 is 0 Å². The molecule has 0 heterocycles. The number of hydrogen-bond acceptors (Lipinski definition) is 0. The van der Waals surface area contributed by atoms with Gasteiger partial charge < -0.3 is 0 Å². The lowest BCUT2D eigenvalue weighted by Gasteiger charge is -2.20. The molecule has 0 radical (unpaired) electrons. The molecule has 0 aliphatic carbocycles. The van der Waals surface area contributed by atoms with Crippen LogP contribution in [-0.2, 0) is 0 Å². The van der Waals surface area contributed by atoms with Gasteiger partial charge >= 0.3 is 0 Å². The standard InChI is InChI=1S/C48H30/c1-3-14-35-29-45-37(27-33(35)12-1)24-23-32-17-10-22-44(47(32)45)48-43(26-25-38-28-34-13-2-4-15-36(34)30-46(38)48)42-20-8-7-19-41(42)40-21-9-16-31-11-5-6-18-39(31)40/h1-30H. The summed E-state index contributed by atoms with van der Waals surface area (Å²) in [6, 6.07) is 67.3. The predicted molar refractivity (Wildman–Crippen MR) is 208 cm³/mol.